The molecular weight excluding hydrogens is 352 g/mol. The summed E-state index contributed by atoms with van der Waals surface area (Å²) in [5.74, 6) is -1.57. The molecule has 0 saturated carbocycles. The summed E-state index contributed by atoms with van der Waals surface area (Å²) in [6, 6.07) is 19.4. The van der Waals surface area contributed by atoms with E-state index in [4.69, 9.17) is 4.74 Å². The van der Waals surface area contributed by atoms with Crippen molar-refractivity contribution in [2.45, 2.75) is 52.1 Å². The van der Waals surface area contributed by atoms with Crippen LogP contribution in [0.25, 0.3) is 0 Å². The zero-order valence-corrected chi connectivity index (χ0v) is 16.6. The highest BCUT2D eigenvalue weighted by Gasteiger charge is 2.23. The lowest BCUT2D eigenvalue weighted by atomic mass is 9.95. The second-order valence-corrected chi connectivity index (χ2v) is 6.86. The number of rotatable bonds is 10. The minimum absolute atomic E-state index is 0.146. The largest absolute Gasteiger partial charge is 0.478 e. The van der Waals surface area contributed by atoms with E-state index in [0.29, 0.717) is 32.1 Å². The second kappa shape index (κ2) is 11.1. The van der Waals surface area contributed by atoms with E-state index in [1.54, 1.807) is 0 Å². The van der Waals surface area contributed by atoms with Crippen molar-refractivity contribution >= 4 is 11.9 Å². The molecule has 0 fully saturated rings. The first-order chi connectivity index (χ1) is 13.5. The highest BCUT2D eigenvalue weighted by molar-refractivity contribution is 5.99. The number of ether oxygens (including phenoxy) is 1. The van der Waals surface area contributed by atoms with E-state index in [9.17, 15) is 14.7 Å². The quantitative estimate of drug-likeness (QED) is 0.467. The van der Waals surface area contributed by atoms with Gasteiger partial charge in [0.2, 0.25) is 0 Å². The van der Waals surface area contributed by atoms with E-state index >= 15 is 0 Å². The Bertz CT molecular complexity index is 794. The van der Waals surface area contributed by atoms with Crippen LogP contribution in [0, 0.1) is 0 Å². The fourth-order valence-electron chi connectivity index (χ4n) is 2.93. The van der Waals surface area contributed by atoms with Gasteiger partial charge in [-0.25, -0.2) is 9.59 Å². The maximum Gasteiger partial charge on any atom is 0.334 e. The van der Waals surface area contributed by atoms with Gasteiger partial charge in [0.1, 0.15) is 0 Å². The predicted octanol–water partition coefficient (Wildman–Crippen LogP) is 4.97. The van der Waals surface area contributed by atoms with Gasteiger partial charge in [0, 0.05) is 11.1 Å². The Morgan fingerprint density at radius 2 is 1.32 bits per heavy atom. The van der Waals surface area contributed by atoms with Crippen LogP contribution in [0.3, 0.4) is 0 Å². The van der Waals surface area contributed by atoms with Crippen LogP contribution in [0.4, 0.5) is 0 Å². The van der Waals surface area contributed by atoms with Gasteiger partial charge in [0.05, 0.1) is 6.10 Å². The molecule has 1 atom stereocenters. The molecule has 1 N–H and O–H groups in total. The zero-order valence-electron chi connectivity index (χ0n) is 16.6. The maximum absolute atomic E-state index is 12.7. The van der Waals surface area contributed by atoms with Gasteiger partial charge in [0.25, 0.3) is 0 Å². The molecule has 0 spiro atoms. The first-order valence-electron chi connectivity index (χ1n) is 9.75. The van der Waals surface area contributed by atoms with E-state index in [-0.39, 0.29) is 17.3 Å². The number of aryl methyl sites for hydroxylation is 2. The Morgan fingerprint density at radius 1 is 0.857 bits per heavy atom. The normalized spacial score (nSPS) is 12.8. The van der Waals surface area contributed by atoms with Gasteiger partial charge in [-0.1, -0.05) is 67.6 Å². The third kappa shape index (κ3) is 6.69. The van der Waals surface area contributed by atoms with Crippen molar-refractivity contribution in [2.24, 2.45) is 0 Å². The molecule has 28 heavy (non-hydrogen) atoms. The summed E-state index contributed by atoms with van der Waals surface area (Å²) in [5.41, 5.74) is 2.52. The Kier molecular flexibility index (Phi) is 8.47. The van der Waals surface area contributed by atoms with E-state index in [1.807, 2.05) is 74.5 Å². The van der Waals surface area contributed by atoms with Gasteiger partial charge in [-0.3, -0.25) is 0 Å². The van der Waals surface area contributed by atoms with Crippen LogP contribution in [-0.4, -0.2) is 23.1 Å². The molecule has 1 unspecified atom stereocenters. The predicted molar refractivity (Wildman–Crippen MR) is 110 cm³/mol. The van der Waals surface area contributed by atoms with E-state index in [0.717, 1.165) is 11.1 Å². The third-order valence-electron chi connectivity index (χ3n) is 4.76. The molecule has 0 radical (unpaired) electrons. The summed E-state index contributed by atoms with van der Waals surface area (Å²) in [7, 11) is 0. The number of hydrogen-bond acceptors (Lipinski definition) is 3. The van der Waals surface area contributed by atoms with Crippen LogP contribution in [-0.2, 0) is 27.2 Å². The molecule has 0 aromatic heterocycles. The van der Waals surface area contributed by atoms with Crippen molar-refractivity contribution in [3.05, 3.63) is 82.9 Å². The van der Waals surface area contributed by atoms with Crippen molar-refractivity contribution in [2.75, 3.05) is 0 Å². The molecule has 2 rings (SSSR count). The molecule has 0 bridgehead atoms. The van der Waals surface area contributed by atoms with Gasteiger partial charge in [-0.2, -0.15) is 0 Å². The summed E-state index contributed by atoms with van der Waals surface area (Å²) in [6.45, 7) is 3.75. The van der Waals surface area contributed by atoms with E-state index in [2.05, 4.69) is 0 Å². The zero-order chi connectivity index (χ0) is 20.4. The lowest BCUT2D eigenvalue weighted by molar-refractivity contribution is -0.144. The number of hydrogen-bond donors (Lipinski definition) is 1. The van der Waals surface area contributed by atoms with Crippen molar-refractivity contribution in [3.63, 3.8) is 0 Å². The van der Waals surface area contributed by atoms with Crippen molar-refractivity contribution in [3.8, 4) is 0 Å². The van der Waals surface area contributed by atoms with Crippen LogP contribution >= 0.6 is 0 Å². The summed E-state index contributed by atoms with van der Waals surface area (Å²) < 4.78 is 5.47. The van der Waals surface area contributed by atoms with Crippen LogP contribution in [0.1, 0.15) is 44.2 Å². The lowest BCUT2D eigenvalue weighted by Gasteiger charge is -2.16. The number of carbonyl (C=O) groups is 2. The van der Waals surface area contributed by atoms with Crippen LogP contribution in [0.15, 0.2) is 71.8 Å². The topological polar surface area (TPSA) is 63.6 Å². The molecule has 4 nitrogen and oxygen atoms in total. The highest BCUT2D eigenvalue weighted by Crippen LogP contribution is 2.21. The number of carboxylic acid groups (broad SMARTS) is 1. The van der Waals surface area contributed by atoms with E-state index < -0.39 is 11.9 Å². The average Bonchev–Trinajstić information content (AvgIpc) is 2.71. The van der Waals surface area contributed by atoms with Gasteiger partial charge in [-0.15, -0.1) is 0 Å². The van der Waals surface area contributed by atoms with Gasteiger partial charge < -0.3 is 9.84 Å². The molecular formula is C24H28O4. The Balaban J connectivity index is 2.26. The molecule has 0 amide bonds. The summed E-state index contributed by atoms with van der Waals surface area (Å²) in [5, 5.41) is 9.79. The van der Waals surface area contributed by atoms with Crippen molar-refractivity contribution < 1.29 is 19.4 Å². The molecule has 0 aliphatic carbocycles. The molecule has 4 heteroatoms. The SMILES string of the molecule is CCC(C)OC(=O)C(CCc1ccccc1)=C(CCc1ccccc1)C(=O)O. The molecule has 2 aromatic rings. The molecule has 0 saturated heterocycles. The standard InChI is InChI=1S/C24H28O4/c1-3-18(2)28-24(27)22(17-15-20-12-8-5-9-13-20)21(23(25)26)16-14-19-10-6-4-7-11-19/h4-13,18H,3,14-17H2,1-2H3,(H,25,26). The number of carboxylic acids is 1. The van der Waals surface area contributed by atoms with Crippen LogP contribution in [0.5, 0.6) is 0 Å². The fourth-order valence-corrected chi connectivity index (χ4v) is 2.93. The minimum atomic E-state index is -1.06. The Labute approximate surface area is 166 Å². The summed E-state index contributed by atoms with van der Waals surface area (Å²) >= 11 is 0. The van der Waals surface area contributed by atoms with Gasteiger partial charge in [0.15, 0.2) is 0 Å². The molecule has 148 valence electrons. The molecule has 0 aliphatic heterocycles. The number of aliphatic carboxylic acids is 1. The van der Waals surface area contributed by atoms with Crippen LogP contribution < -0.4 is 0 Å². The lowest BCUT2D eigenvalue weighted by Crippen LogP contribution is -2.20. The van der Waals surface area contributed by atoms with Crippen molar-refractivity contribution in [1.29, 1.82) is 0 Å². The van der Waals surface area contributed by atoms with Gasteiger partial charge in [-0.05, 0) is 50.2 Å². The first-order valence-corrected chi connectivity index (χ1v) is 9.75. The van der Waals surface area contributed by atoms with Crippen molar-refractivity contribution in [1.82, 2.24) is 0 Å². The molecule has 0 aliphatic rings. The Morgan fingerprint density at radius 3 is 1.75 bits per heavy atom. The fraction of sp³-hybridized carbons (Fsp3) is 0.333. The monoisotopic (exact) mass is 380 g/mol. The molecule has 0 heterocycles. The second-order valence-electron chi connectivity index (χ2n) is 6.86. The number of benzene rings is 2. The van der Waals surface area contributed by atoms with E-state index in [1.165, 1.54) is 0 Å². The van der Waals surface area contributed by atoms with Gasteiger partial charge >= 0.3 is 11.9 Å². The highest BCUT2D eigenvalue weighted by atomic mass is 16.5. The third-order valence-corrected chi connectivity index (χ3v) is 4.76. The smallest absolute Gasteiger partial charge is 0.334 e. The Hall–Kier alpha value is -2.88. The maximum atomic E-state index is 12.7. The molecule has 2 aromatic carbocycles. The minimum Gasteiger partial charge on any atom is -0.478 e. The average molecular weight is 380 g/mol. The number of carbonyl (C=O) groups excluding carboxylic acids is 1. The summed E-state index contributed by atoms with van der Waals surface area (Å²) in [6.07, 6.45) is 2.23. The number of esters is 1. The van der Waals surface area contributed by atoms with Crippen LogP contribution in [0.2, 0.25) is 0 Å². The first kappa shape index (κ1) is 21.4. The summed E-state index contributed by atoms with van der Waals surface area (Å²) in [4.78, 5) is 24.7.